The van der Waals surface area contributed by atoms with E-state index in [1.54, 1.807) is 7.11 Å². The summed E-state index contributed by atoms with van der Waals surface area (Å²) >= 11 is 0. The Morgan fingerprint density at radius 1 is 1.25 bits per heavy atom. The summed E-state index contributed by atoms with van der Waals surface area (Å²) in [5.74, 6) is 1.78. The molecular weight excluding hydrogens is 308 g/mol. The Bertz CT molecular complexity index is 693. The lowest BCUT2D eigenvalue weighted by atomic mass is 10.2. The number of aromatic nitrogens is 2. The van der Waals surface area contributed by atoms with Crippen molar-refractivity contribution in [1.82, 2.24) is 19.9 Å². The van der Waals surface area contributed by atoms with Gasteiger partial charge in [-0.1, -0.05) is 17.3 Å². The Kier molecular flexibility index (Phi) is 5.10. The van der Waals surface area contributed by atoms with E-state index in [4.69, 9.17) is 9.26 Å². The summed E-state index contributed by atoms with van der Waals surface area (Å²) in [6.45, 7) is 3.41. The average Bonchev–Trinajstić information content (AvgIpc) is 3.09. The van der Waals surface area contributed by atoms with Crippen molar-refractivity contribution in [1.29, 1.82) is 0 Å². The first-order valence-electron chi connectivity index (χ1n) is 8.09. The van der Waals surface area contributed by atoms with E-state index in [0.717, 1.165) is 31.7 Å². The summed E-state index contributed by atoms with van der Waals surface area (Å²) < 4.78 is 10.6. The summed E-state index contributed by atoms with van der Waals surface area (Å²) in [7, 11) is 3.67. The van der Waals surface area contributed by atoms with Crippen molar-refractivity contribution in [3.8, 4) is 17.1 Å². The largest absolute Gasteiger partial charge is 0.496 e. The van der Waals surface area contributed by atoms with Gasteiger partial charge in [-0.15, -0.1) is 0 Å². The third-order valence-electron chi connectivity index (χ3n) is 4.22. The number of para-hydroxylation sites is 1. The summed E-state index contributed by atoms with van der Waals surface area (Å²) in [6, 6.07) is 7.51. The highest BCUT2D eigenvalue weighted by Crippen LogP contribution is 2.27. The van der Waals surface area contributed by atoms with Crippen molar-refractivity contribution < 1.29 is 14.1 Å². The van der Waals surface area contributed by atoms with Crippen LogP contribution in [0.25, 0.3) is 11.4 Å². The SMILES string of the molecule is COc1ccccc1-c1noc(CCC(=O)N2CCN(C)CC2)n1. The highest BCUT2D eigenvalue weighted by molar-refractivity contribution is 5.76. The number of hydrogen-bond acceptors (Lipinski definition) is 6. The van der Waals surface area contributed by atoms with Crippen LogP contribution in [-0.2, 0) is 11.2 Å². The number of aryl methyl sites for hydroxylation is 1. The van der Waals surface area contributed by atoms with Crippen molar-refractivity contribution in [2.45, 2.75) is 12.8 Å². The number of piperazine rings is 1. The fraction of sp³-hybridized carbons (Fsp3) is 0.471. The molecule has 0 aliphatic carbocycles. The minimum Gasteiger partial charge on any atom is -0.496 e. The molecule has 7 nitrogen and oxygen atoms in total. The molecule has 1 aromatic heterocycles. The van der Waals surface area contributed by atoms with Crippen molar-refractivity contribution in [2.24, 2.45) is 0 Å². The highest BCUT2D eigenvalue weighted by atomic mass is 16.5. The van der Waals surface area contributed by atoms with Gasteiger partial charge in [-0.25, -0.2) is 0 Å². The molecule has 1 aliphatic rings. The molecular formula is C17H22N4O3. The molecule has 128 valence electrons. The van der Waals surface area contributed by atoms with E-state index >= 15 is 0 Å². The van der Waals surface area contributed by atoms with E-state index in [2.05, 4.69) is 22.1 Å². The molecule has 0 unspecified atom stereocenters. The van der Waals surface area contributed by atoms with Crippen LogP contribution in [0.4, 0.5) is 0 Å². The summed E-state index contributed by atoms with van der Waals surface area (Å²) in [5, 5.41) is 4.00. The Hall–Kier alpha value is -2.41. The van der Waals surface area contributed by atoms with Gasteiger partial charge in [-0.3, -0.25) is 4.79 Å². The first-order chi connectivity index (χ1) is 11.7. The summed E-state index contributed by atoms with van der Waals surface area (Å²) in [4.78, 5) is 20.8. The van der Waals surface area contributed by atoms with Gasteiger partial charge in [0.15, 0.2) is 0 Å². The minimum atomic E-state index is 0.139. The number of amides is 1. The third-order valence-corrected chi connectivity index (χ3v) is 4.22. The number of rotatable bonds is 5. The number of nitrogens with zero attached hydrogens (tertiary/aromatic N) is 4. The van der Waals surface area contributed by atoms with Gasteiger partial charge in [0, 0.05) is 39.0 Å². The topological polar surface area (TPSA) is 71.7 Å². The number of carbonyl (C=O) groups excluding carboxylic acids is 1. The van der Waals surface area contributed by atoms with Crippen LogP contribution in [0.15, 0.2) is 28.8 Å². The molecule has 0 atom stereocenters. The first kappa shape index (κ1) is 16.4. The Morgan fingerprint density at radius 3 is 2.75 bits per heavy atom. The molecule has 2 aromatic rings. The van der Waals surface area contributed by atoms with Crippen molar-refractivity contribution in [3.63, 3.8) is 0 Å². The molecule has 2 heterocycles. The number of ether oxygens (including phenoxy) is 1. The molecule has 1 aromatic carbocycles. The first-order valence-corrected chi connectivity index (χ1v) is 8.09. The second kappa shape index (κ2) is 7.44. The number of carbonyl (C=O) groups is 1. The second-order valence-corrected chi connectivity index (χ2v) is 5.90. The van der Waals surface area contributed by atoms with E-state index in [9.17, 15) is 4.79 Å². The summed E-state index contributed by atoms with van der Waals surface area (Å²) in [5.41, 5.74) is 0.778. The van der Waals surface area contributed by atoms with Crippen molar-refractivity contribution >= 4 is 5.91 Å². The molecule has 1 saturated heterocycles. The smallest absolute Gasteiger partial charge is 0.227 e. The molecule has 24 heavy (non-hydrogen) atoms. The van der Waals surface area contributed by atoms with Gasteiger partial charge in [0.05, 0.1) is 12.7 Å². The number of hydrogen-bond donors (Lipinski definition) is 0. The molecule has 3 rings (SSSR count). The maximum Gasteiger partial charge on any atom is 0.227 e. The second-order valence-electron chi connectivity index (χ2n) is 5.90. The van der Waals surface area contributed by atoms with E-state index in [1.807, 2.05) is 29.2 Å². The van der Waals surface area contributed by atoms with Crippen LogP contribution in [0, 0.1) is 0 Å². The molecule has 0 bridgehead atoms. The normalized spacial score (nSPS) is 15.5. The Balaban J connectivity index is 1.59. The van der Waals surface area contributed by atoms with Crippen LogP contribution in [0.3, 0.4) is 0 Å². The number of benzene rings is 1. The molecule has 0 N–H and O–H groups in total. The van der Waals surface area contributed by atoms with Gasteiger partial charge >= 0.3 is 0 Å². The molecule has 0 spiro atoms. The lowest BCUT2D eigenvalue weighted by Crippen LogP contribution is -2.47. The molecule has 1 aliphatic heterocycles. The zero-order valence-corrected chi connectivity index (χ0v) is 14.1. The monoisotopic (exact) mass is 330 g/mol. The van der Waals surface area contributed by atoms with Crippen LogP contribution in [-0.4, -0.2) is 66.2 Å². The lowest BCUT2D eigenvalue weighted by molar-refractivity contribution is -0.132. The molecule has 0 saturated carbocycles. The zero-order valence-electron chi connectivity index (χ0n) is 14.1. The van der Waals surface area contributed by atoms with Crippen LogP contribution in [0.1, 0.15) is 12.3 Å². The van der Waals surface area contributed by atoms with E-state index in [-0.39, 0.29) is 5.91 Å². The molecule has 1 amide bonds. The Labute approximate surface area is 141 Å². The molecule has 1 fully saturated rings. The highest BCUT2D eigenvalue weighted by Gasteiger charge is 2.20. The maximum absolute atomic E-state index is 12.3. The predicted molar refractivity (Wildman–Crippen MR) is 88.7 cm³/mol. The predicted octanol–water partition coefficient (Wildman–Crippen LogP) is 1.45. The van der Waals surface area contributed by atoms with E-state index in [0.29, 0.717) is 30.3 Å². The van der Waals surface area contributed by atoms with E-state index in [1.165, 1.54) is 0 Å². The fourth-order valence-electron chi connectivity index (χ4n) is 2.72. The fourth-order valence-corrected chi connectivity index (χ4v) is 2.72. The van der Waals surface area contributed by atoms with Gasteiger partial charge in [-0.05, 0) is 19.2 Å². The number of likely N-dealkylation sites (N-methyl/N-ethyl adjacent to an activating group) is 1. The van der Waals surface area contributed by atoms with Crippen LogP contribution < -0.4 is 4.74 Å². The minimum absolute atomic E-state index is 0.139. The summed E-state index contributed by atoms with van der Waals surface area (Å²) in [6.07, 6.45) is 0.838. The quantitative estimate of drug-likeness (QED) is 0.826. The zero-order chi connectivity index (χ0) is 16.9. The van der Waals surface area contributed by atoms with Gasteiger partial charge in [0.1, 0.15) is 5.75 Å². The maximum atomic E-state index is 12.3. The molecule has 7 heteroatoms. The molecule has 0 radical (unpaired) electrons. The third kappa shape index (κ3) is 3.73. The standard InChI is InChI=1S/C17H22N4O3/c1-20-9-11-21(12-10-20)16(22)8-7-15-18-17(19-24-15)13-5-3-4-6-14(13)23-2/h3-6H,7-12H2,1-2H3. The lowest BCUT2D eigenvalue weighted by Gasteiger charge is -2.32. The van der Waals surface area contributed by atoms with Gasteiger partial charge < -0.3 is 19.1 Å². The van der Waals surface area contributed by atoms with E-state index < -0.39 is 0 Å². The van der Waals surface area contributed by atoms with Gasteiger partial charge in [0.25, 0.3) is 0 Å². The van der Waals surface area contributed by atoms with Gasteiger partial charge in [0.2, 0.25) is 17.6 Å². The van der Waals surface area contributed by atoms with Crippen molar-refractivity contribution in [3.05, 3.63) is 30.2 Å². The van der Waals surface area contributed by atoms with Crippen LogP contribution >= 0.6 is 0 Å². The number of methoxy groups -OCH3 is 1. The van der Waals surface area contributed by atoms with Crippen LogP contribution in [0.2, 0.25) is 0 Å². The average molecular weight is 330 g/mol. The van der Waals surface area contributed by atoms with Gasteiger partial charge in [-0.2, -0.15) is 4.98 Å². The Morgan fingerprint density at radius 2 is 2.00 bits per heavy atom. The van der Waals surface area contributed by atoms with Crippen LogP contribution in [0.5, 0.6) is 5.75 Å². The van der Waals surface area contributed by atoms with Crippen molar-refractivity contribution in [2.75, 3.05) is 40.3 Å².